The molecule has 0 saturated heterocycles. The molecule has 3 aromatic carbocycles. The smallest absolute Gasteiger partial charge is 0.243 e. The Kier molecular flexibility index (Phi) is 6.16. The Bertz CT molecular complexity index is 1010. The maximum atomic E-state index is 12.3. The lowest BCUT2D eigenvalue weighted by molar-refractivity contribution is -0.123. The Morgan fingerprint density at radius 1 is 0.964 bits per heavy atom. The van der Waals surface area contributed by atoms with Crippen molar-refractivity contribution in [3.63, 3.8) is 0 Å². The highest BCUT2D eigenvalue weighted by atomic mass is 35.5. The maximum Gasteiger partial charge on any atom is 0.243 e. The second-order valence-electron chi connectivity index (χ2n) is 6.70. The van der Waals surface area contributed by atoms with Gasteiger partial charge in [0.1, 0.15) is 0 Å². The summed E-state index contributed by atoms with van der Waals surface area (Å²) in [6.45, 7) is -0.101. The molecular weight excluding hydrogens is 374 g/mol. The fourth-order valence-corrected chi connectivity index (χ4v) is 3.36. The van der Waals surface area contributed by atoms with E-state index >= 15 is 0 Å². The van der Waals surface area contributed by atoms with Crippen molar-refractivity contribution in [2.75, 3.05) is 30.9 Å². The highest BCUT2D eigenvalue weighted by molar-refractivity contribution is 6.33. The molecule has 0 fully saturated rings. The van der Waals surface area contributed by atoms with Crippen LogP contribution in [0.15, 0.2) is 60.7 Å². The van der Waals surface area contributed by atoms with Gasteiger partial charge in [-0.05, 0) is 34.5 Å². The van der Waals surface area contributed by atoms with Crippen molar-refractivity contribution >= 4 is 45.6 Å². The van der Waals surface area contributed by atoms with E-state index < -0.39 is 0 Å². The number of fused-ring (bicyclic) bond motifs is 1. The quantitative estimate of drug-likeness (QED) is 0.666. The van der Waals surface area contributed by atoms with Gasteiger partial charge < -0.3 is 15.5 Å². The molecule has 6 heteroatoms. The zero-order valence-corrected chi connectivity index (χ0v) is 16.6. The van der Waals surface area contributed by atoms with Crippen molar-refractivity contribution in [1.29, 1.82) is 0 Å². The van der Waals surface area contributed by atoms with Crippen LogP contribution in [0.5, 0.6) is 0 Å². The third-order valence-electron chi connectivity index (χ3n) is 4.39. The average molecular weight is 396 g/mol. The van der Waals surface area contributed by atoms with Gasteiger partial charge in [0.25, 0.3) is 0 Å². The third kappa shape index (κ3) is 4.81. The summed E-state index contributed by atoms with van der Waals surface area (Å²) in [5.74, 6) is -0.507. The van der Waals surface area contributed by atoms with Gasteiger partial charge in [-0.1, -0.05) is 54.1 Å². The topological polar surface area (TPSA) is 61.4 Å². The number of rotatable bonds is 6. The lowest BCUT2D eigenvalue weighted by Crippen LogP contribution is -2.33. The fourth-order valence-electron chi connectivity index (χ4n) is 3.01. The van der Waals surface area contributed by atoms with Crippen LogP contribution in [-0.4, -0.2) is 32.5 Å². The van der Waals surface area contributed by atoms with Crippen molar-refractivity contribution < 1.29 is 9.59 Å². The van der Waals surface area contributed by atoms with Crippen LogP contribution in [0.25, 0.3) is 10.8 Å². The minimum Gasteiger partial charge on any atom is -0.376 e. The van der Waals surface area contributed by atoms with Gasteiger partial charge in [-0.2, -0.15) is 0 Å². The first kappa shape index (κ1) is 19.7. The molecule has 2 amide bonds. The predicted octanol–water partition coefficient (Wildman–Crippen LogP) is 3.86. The van der Waals surface area contributed by atoms with Crippen molar-refractivity contribution in [2.24, 2.45) is 0 Å². The van der Waals surface area contributed by atoms with Gasteiger partial charge in [-0.25, -0.2) is 0 Å². The molecule has 0 bridgehead atoms. The van der Waals surface area contributed by atoms with Gasteiger partial charge in [0.2, 0.25) is 11.8 Å². The first-order chi connectivity index (χ1) is 13.4. The zero-order valence-electron chi connectivity index (χ0n) is 15.8. The van der Waals surface area contributed by atoms with Crippen molar-refractivity contribution in [3.8, 4) is 0 Å². The fraction of sp³-hybridized carbons (Fsp3) is 0.182. The highest BCUT2D eigenvalue weighted by Gasteiger charge is 2.10. The number of amides is 2. The standard InChI is InChI=1S/C22H22ClN3O2/c1-26(2)20-11-10-17(13-19(20)23)25-22(28)14-24-21(27)12-16-8-5-7-15-6-3-4-9-18(15)16/h3-11,13H,12,14H2,1-2H3,(H,24,27)(H,25,28). The van der Waals surface area contributed by atoms with Crippen LogP contribution in [0.1, 0.15) is 5.56 Å². The second-order valence-corrected chi connectivity index (χ2v) is 7.11. The maximum absolute atomic E-state index is 12.3. The summed E-state index contributed by atoms with van der Waals surface area (Å²) in [5.41, 5.74) is 2.38. The molecule has 0 aliphatic heterocycles. The molecule has 144 valence electrons. The van der Waals surface area contributed by atoms with Gasteiger partial charge in [0, 0.05) is 19.8 Å². The minimum atomic E-state index is -0.306. The highest BCUT2D eigenvalue weighted by Crippen LogP contribution is 2.27. The number of nitrogens with one attached hydrogen (secondary N) is 2. The Morgan fingerprint density at radius 2 is 1.71 bits per heavy atom. The molecule has 0 radical (unpaired) electrons. The van der Waals surface area contributed by atoms with Crippen LogP contribution < -0.4 is 15.5 Å². The van der Waals surface area contributed by atoms with E-state index in [1.54, 1.807) is 12.1 Å². The van der Waals surface area contributed by atoms with Crippen LogP contribution >= 0.6 is 11.6 Å². The van der Waals surface area contributed by atoms with Gasteiger partial charge >= 0.3 is 0 Å². The Hall–Kier alpha value is -3.05. The number of anilines is 2. The van der Waals surface area contributed by atoms with Gasteiger partial charge in [-0.15, -0.1) is 0 Å². The number of hydrogen-bond acceptors (Lipinski definition) is 3. The molecule has 0 aromatic heterocycles. The van der Waals surface area contributed by atoms with Crippen molar-refractivity contribution in [2.45, 2.75) is 6.42 Å². The second kappa shape index (κ2) is 8.76. The van der Waals surface area contributed by atoms with Crippen LogP contribution in [0.3, 0.4) is 0 Å². The number of halogens is 1. The van der Waals surface area contributed by atoms with E-state index in [0.717, 1.165) is 22.0 Å². The first-order valence-electron chi connectivity index (χ1n) is 8.94. The van der Waals surface area contributed by atoms with Crippen LogP contribution in [0.4, 0.5) is 11.4 Å². The van der Waals surface area contributed by atoms with Crippen molar-refractivity contribution in [1.82, 2.24) is 5.32 Å². The van der Waals surface area contributed by atoms with Crippen LogP contribution in [-0.2, 0) is 16.0 Å². The predicted molar refractivity (Wildman–Crippen MR) is 115 cm³/mol. The molecule has 0 aliphatic carbocycles. The largest absolute Gasteiger partial charge is 0.376 e. The lowest BCUT2D eigenvalue weighted by Gasteiger charge is -2.15. The van der Waals surface area contributed by atoms with Crippen LogP contribution in [0, 0.1) is 0 Å². The molecule has 0 heterocycles. The van der Waals surface area contributed by atoms with Crippen LogP contribution in [0.2, 0.25) is 5.02 Å². The summed E-state index contributed by atoms with van der Waals surface area (Å²) in [5, 5.41) is 8.08. The summed E-state index contributed by atoms with van der Waals surface area (Å²) in [6.07, 6.45) is 0.220. The molecule has 5 nitrogen and oxygen atoms in total. The monoisotopic (exact) mass is 395 g/mol. The molecule has 3 aromatic rings. The summed E-state index contributed by atoms with van der Waals surface area (Å²) in [4.78, 5) is 26.3. The normalized spacial score (nSPS) is 10.5. The van der Waals surface area contributed by atoms with E-state index in [1.807, 2.05) is 67.5 Å². The molecule has 0 saturated carbocycles. The van der Waals surface area contributed by atoms with E-state index in [4.69, 9.17) is 11.6 Å². The Labute approximate surface area is 169 Å². The molecule has 2 N–H and O–H groups in total. The molecule has 0 spiro atoms. The first-order valence-corrected chi connectivity index (χ1v) is 9.32. The van der Waals surface area contributed by atoms with Gasteiger partial charge in [-0.3, -0.25) is 9.59 Å². The molecule has 0 atom stereocenters. The number of hydrogen-bond donors (Lipinski definition) is 2. The molecular formula is C22H22ClN3O2. The third-order valence-corrected chi connectivity index (χ3v) is 4.69. The molecule has 0 unspecified atom stereocenters. The van der Waals surface area contributed by atoms with Gasteiger partial charge in [0.15, 0.2) is 0 Å². The van der Waals surface area contributed by atoms with E-state index in [0.29, 0.717) is 10.7 Å². The molecule has 3 rings (SSSR count). The Morgan fingerprint density at radius 3 is 2.46 bits per heavy atom. The summed E-state index contributed by atoms with van der Waals surface area (Å²) >= 11 is 6.21. The van der Waals surface area contributed by atoms with E-state index in [2.05, 4.69) is 10.6 Å². The van der Waals surface area contributed by atoms with Gasteiger partial charge in [0.05, 0.1) is 23.7 Å². The zero-order chi connectivity index (χ0) is 20.1. The number of carbonyl (C=O) groups is 2. The average Bonchev–Trinajstić information content (AvgIpc) is 2.66. The van der Waals surface area contributed by atoms with E-state index in [-0.39, 0.29) is 24.8 Å². The number of carbonyl (C=O) groups excluding carboxylic acids is 2. The molecule has 28 heavy (non-hydrogen) atoms. The SMILES string of the molecule is CN(C)c1ccc(NC(=O)CNC(=O)Cc2cccc3ccccc23)cc1Cl. The number of nitrogens with zero attached hydrogens (tertiary/aromatic N) is 1. The number of benzene rings is 3. The van der Waals surface area contributed by atoms with Crippen molar-refractivity contribution in [3.05, 3.63) is 71.2 Å². The summed E-state index contributed by atoms with van der Waals surface area (Å²) in [6, 6.07) is 19.1. The van der Waals surface area contributed by atoms with E-state index in [1.165, 1.54) is 0 Å². The minimum absolute atomic E-state index is 0.101. The Balaban J connectivity index is 1.56. The lowest BCUT2D eigenvalue weighted by atomic mass is 10.0. The van der Waals surface area contributed by atoms with E-state index in [9.17, 15) is 9.59 Å². The molecule has 0 aliphatic rings. The summed E-state index contributed by atoms with van der Waals surface area (Å²) < 4.78 is 0. The summed E-state index contributed by atoms with van der Waals surface area (Å²) in [7, 11) is 3.79.